The molecule has 0 radical (unpaired) electrons. The average Bonchev–Trinajstić information content (AvgIpc) is 3.00. The monoisotopic (exact) mass is 364 g/mol. The lowest BCUT2D eigenvalue weighted by atomic mass is 9.77. The van der Waals surface area contributed by atoms with Gasteiger partial charge in [-0.2, -0.15) is 9.71 Å². The van der Waals surface area contributed by atoms with E-state index < -0.39 is 21.6 Å². The molecular weight excluding hydrogens is 340 g/mol. The normalized spacial score (nSPS) is 18.1. The van der Waals surface area contributed by atoms with Crippen LogP contribution in [0.2, 0.25) is 0 Å². The van der Waals surface area contributed by atoms with Crippen LogP contribution in [0.4, 0.5) is 0 Å². The van der Waals surface area contributed by atoms with Crippen molar-refractivity contribution in [3.05, 3.63) is 41.5 Å². The molecule has 1 aliphatic rings. The number of sulfonamides is 1. The highest BCUT2D eigenvalue weighted by Crippen LogP contribution is 2.37. The highest BCUT2D eigenvalue weighted by molar-refractivity contribution is 7.89. The van der Waals surface area contributed by atoms with Gasteiger partial charge in [-0.15, -0.1) is 0 Å². The van der Waals surface area contributed by atoms with Crippen molar-refractivity contribution < 1.29 is 12.9 Å². The summed E-state index contributed by atoms with van der Waals surface area (Å²) in [5, 5.41) is 3.98. The minimum Gasteiger partial charge on any atom is -0.337 e. The summed E-state index contributed by atoms with van der Waals surface area (Å²) in [5.74, 6) is 0.634. The van der Waals surface area contributed by atoms with E-state index >= 15 is 0 Å². The lowest BCUT2D eigenvalue weighted by Gasteiger charge is -2.34. The molecule has 1 aromatic carbocycles. The second kappa shape index (κ2) is 6.51. The largest absolute Gasteiger partial charge is 0.337 e. The number of hydrogen-bond donors (Lipinski definition) is 2. The van der Waals surface area contributed by atoms with Crippen molar-refractivity contribution >= 4 is 10.0 Å². The van der Waals surface area contributed by atoms with Crippen LogP contribution >= 0.6 is 0 Å². The predicted molar refractivity (Wildman–Crippen MR) is 93.1 cm³/mol. The summed E-state index contributed by atoms with van der Waals surface area (Å²) >= 11 is 0. The van der Waals surface area contributed by atoms with Gasteiger partial charge in [0.25, 0.3) is 0 Å². The van der Waals surface area contributed by atoms with Gasteiger partial charge in [-0.05, 0) is 44.2 Å². The Kier molecular flexibility index (Phi) is 4.70. The molecule has 0 spiro atoms. The zero-order valence-electron chi connectivity index (χ0n) is 14.7. The van der Waals surface area contributed by atoms with E-state index in [1.54, 1.807) is 24.3 Å². The molecule has 0 aliphatic heterocycles. The molecule has 3 rings (SSSR count). The number of nitrogens with two attached hydrogens (primary N) is 1. The van der Waals surface area contributed by atoms with Gasteiger partial charge >= 0.3 is 0 Å². The van der Waals surface area contributed by atoms with Crippen LogP contribution in [0.5, 0.6) is 0 Å². The summed E-state index contributed by atoms with van der Waals surface area (Å²) in [4.78, 5) is 4.59. The number of nitrogens with one attached hydrogen (secondary N) is 1. The SMILES string of the molecule is Cc1ccc(S(=O)(=O)NC(c2nc(C3(N)CCC3)no2)C(C)C)cc1. The first-order chi connectivity index (χ1) is 11.7. The smallest absolute Gasteiger partial charge is 0.245 e. The van der Waals surface area contributed by atoms with Crippen molar-refractivity contribution in [1.82, 2.24) is 14.9 Å². The van der Waals surface area contributed by atoms with Gasteiger partial charge in [-0.3, -0.25) is 0 Å². The van der Waals surface area contributed by atoms with E-state index in [4.69, 9.17) is 10.3 Å². The molecule has 1 saturated carbocycles. The predicted octanol–water partition coefficient (Wildman–Crippen LogP) is 2.39. The van der Waals surface area contributed by atoms with Crippen LogP contribution in [0.3, 0.4) is 0 Å². The minimum absolute atomic E-state index is 0.0661. The van der Waals surface area contributed by atoms with E-state index in [-0.39, 0.29) is 16.7 Å². The van der Waals surface area contributed by atoms with E-state index in [0.717, 1.165) is 24.8 Å². The van der Waals surface area contributed by atoms with Crippen molar-refractivity contribution in [2.45, 2.75) is 56.5 Å². The van der Waals surface area contributed by atoms with Crippen LogP contribution < -0.4 is 10.5 Å². The van der Waals surface area contributed by atoms with E-state index in [2.05, 4.69) is 14.9 Å². The summed E-state index contributed by atoms with van der Waals surface area (Å²) < 4.78 is 33.4. The summed E-state index contributed by atoms with van der Waals surface area (Å²) in [6.07, 6.45) is 2.66. The molecule has 1 unspecified atom stereocenters. The molecule has 2 aromatic rings. The Morgan fingerprint density at radius 1 is 1.24 bits per heavy atom. The third-order valence-corrected chi connectivity index (χ3v) is 6.14. The molecule has 3 N–H and O–H groups in total. The molecule has 7 nitrogen and oxygen atoms in total. The molecule has 0 bridgehead atoms. The van der Waals surface area contributed by atoms with Crippen LogP contribution in [-0.4, -0.2) is 18.6 Å². The maximum atomic E-state index is 12.7. The Morgan fingerprint density at radius 3 is 2.40 bits per heavy atom. The molecular formula is C17H24N4O3S. The van der Waals surface area contributed by atoms with Gasteiger partial charge in [0.2, 0.25) is 15.9 Å². The second-order valence-electron chi connectivity index (χ2n) is 7.12. The molecule has 25 heavy (non-hydrogen) atoms. The highest BCUT2D eigenvalue weighted by Gasteiger charge is 2.40. The Bertz CT molecular complexity index is 839. The van der Waals surface area contributed by atoms with Crippen LogP contribution in [-0.2, 0) is 15.6 Å². The van der Waals surface area contributed by atoms with Crippen molar-refractivity contribution in [1.29, 1.82) is 0 Å². The number of nitrogens with zero attached hydrogens (tertiary/aromatic N) is 2. The van der Waals surface area contributed by atoms with Gasteiger partial charge in [0.1, 0.15) is 6.04 Å². The van der Waals surface area contributed by atoms with Gasteiger partial charge in [-0.1, -0.05) is 36.7 Å². The third-order valence-electron chi connectivity index (χ3n) is 4.68. The quantitative estimate of drug-likeness (QED) is 0.814. The zero-order valence-corrected chi connectivity index (χ0v) is 15.5. The first-order valence-electron chi connectivity index (χ1n) is 8.43. The Morgan fingerprint density at radius 2 is 1.88 bits per heavy atom. The zero-order chi connectivity index (χ0) is 18.2. The molecule has 0 amide bonds. The van der Waals surface area contributed by atoms with Gasteiger partial charge in [0.05, 0.1) is 10.4 Å². The molecule has 1 atom stereocenters. The number of aromatic nitrogens is 2. The molecule has 1 aromatic heterocycles. The molecule has 0 saturated heterocycles. The molecule has 1 aliphatic carbocycles. The molecule has 136 valence electrons. The third kappa shape index (κ3) is 3.61. The number of aryl methyl sites for hydroxylation is 1. The lowest BCUT2D eigenvalue weighted by Crippen LogP contribution is -2.44. The van der Waals surface area contributed by atoms with E-state index in [0.29, 0.717) is 5.82 Å². The highest BCUT2D eigenvalue weighted by atomic mass is 32.2. The molecule has 8 heteroatoms. The Hall–Kier alpha value is -1.77. The van der Waals surface area contributed by atoms with Crippen molar-refractivity contribution in [3.63, 3.8) is 0 Å². The van der Waals surface area contributed by atoms with Crippen molar-refractivity contribution in [2.24, 2.45) is 11.7 Å². The van der Waals surface area contributed by atoms with Crippen LogP contribution in [0.15, 0.2) is 33.7 Å². The maximum Gasteiger partial charge on any atom is 0.245 e. The first kappa shape index (κ1) is 18.0. The number of rotatable bonds is 6. The summed E-state index contributed by atoms with van der Waals surface area (Å²) in [6, 6.07) is 6.07. The Labute approximate surface area is 148 Å². The van der Waals surface area contributed by atoms with Gasteiger partial charge < -0.3 is 10.3 Å². The fraction of sp³-hybridized carbons (Fsp3) is 0.529. The fourth-order valence-corrected chi connectivity index (χ4v) is 4.11. The van der Waals surface area contributed by atoms with E-state index in [9.17, 15) is 8.42 Å². The standard InChI is InChI=1S/C17H24N4O3S/c1-11(2)14(15-19-16(20-24-15)17(18)9-4-10-17)21-25(22,23)13-7-5-12(3)6-8-13/h5-8,11,14,21H,4,9-10,18H2,1-3H3. The van der Waals surface area contributed by atoms with Crippen LogP contribution in [0, 0.1) is 12.8 Å². The van der Waals surface area contributed by atoms with E-state index in [1.165, 1.54) is 0 Å². The maximum absolute atomic E-state index is 12.7. The average molecular weight is 364 g/mol. The fourth-order valence-electron chi connectivity index (χ4n) is 2.77. The van der Waals surface area contributed by atoms with Crippen molar-refractivity contribution in [3.8, 4) is 0 Å². The topological polar surface area (TPSA) is 111 Å². The second-order valence-corrected chi connectivity index (χ2v) is 8.84. The van der Waals surface area contributed by atoms with Gasteiger partial charge in [0.15, 0.2) is 5.82 Å². The van der Waals surface area contributed by atoms with Crippen LogP contribution in [0.25, 0.3) is 0 Å². The number of hydrogen-bond acceptors (Lipinski definition) is 6. The van der Waals surface area contributed by atoms with Gasteiger partial charge in [-0.25, -0.2) is 8.42 Å². The van der Waals surface area contributed by atoms with Crippen molar-refractivity contribution in [2.75, 3.05) is 0 Å². The van der Waals surface area contributed by atoms with Crippen LogP contribution in [0.1, 0.15) is 56.4 Å². The molecule has 1 fully saturated rings. The summed E-state index contributed by atoms with van der Waals surface area (Å²) in [6.45, 7) is 5.70. The summed E-state index contributed by atoms with van der Waals surface area (Å²) in [5.41, 5.74) is 6.68. The Balaban J connectivity index is 1.85. The summed E-state index contributed by atoms with van der Waals surface area (Å²) in [7, 11) is -3.70. The number of benzene rings is 1. The first-order valence-corrected chi connectivity index (χ1v) is 9.91. The molecule has 1 heterocycles. The minimum atomic E-state index is -3.70. The van der Waals surface area contributed by atoms with Gasteiger partial charge in [0, 0.05) is 0 Å². The van der Waals surface area contributed by atoms with E-state index in [1.807, 2.05) is 20.8 Å². The lowest BCUT2D eigenvalue weighted by molar-refractivity contribution is 0.227.